The Labute approximate surface area is 149 Å². The smallest absolute Gasteiger partial charge is 0.137 e. The summed E-state index contributed by atoms with van der Waals surface area (Å²) in [6.07, 6.45) is 4.69. The van der Waals surface area contributed by atoms with Crippen LogP contribution >= 0.6 is 11.6 Å². The number of rotatable bonds is 9. The topological polar surface area (TPSA) is 47.0 Å². The summed E-state index contributed by atoms with van der Waals surface area (Å²) < 4.78 is 5.94. The van der Waals surface area contributed by atoms with E-state index in [0.717, 1.165) is 49.5 Å². The minimum absolute atomic E-state index is 0.480. The average molecular weight is 348 g/mol. The van der Waals surface area contributed by atoms with Gasteiger partial charge in [-0.2, -0.15) is 0 Å². The van der Waals surface area contributed by atoms with Gasteiger partial charge < -0.3 is 10.1 Å². The number of ether oxygens (including phenoxy) is 1. The lowest BCUT2D eigenvalue weighted by atomic mass is 10.0. The van der Waals surface area contributed by atoms with E-state index in [1.807, 2.05) is 13.0 Å². The van der Waals surface area contributed by atoms with Crippen LogP contribution in [0.2, 0.25) is 5.15 Å². The van der Waals surface area contributed by atoms with Crippen molar-refractivity contribution in [2.45, 2.75) is 46.0 Å². The number of hydrogen-bond donors (Lipinski definition) is 1. The predicted octanol–water partition coefficient (Wildman–Crippen LogP) is 5.22. The second-order valence-electron chi connectivity index (χ2n) is 6.17. The van der Waals surface area contributed by atoms with E-state index in [4.69, 9.17) is 16.3 Å². The van der Waals surface area contributed by atoms with Gasteiger partial charge in [0.2, 0.25) is 0 Å². The molecule has 0 bridgehead atoms. The molecule has 1 aromatic carbocycles. The van der Waals surface area contributed by atoms with Crippen molar-refractivity contribution in [1.29, 1.82) is 0 Å². The highest BCUT2D eigenvalue weighted by molar-refractivity contribution is 6.30. The summed E-state index contributed by atoms with van der Waals surface area (Å²) in [5.41, 5.74) is 2.17. The average Bonchev–Trinajstić information content (AvgIpc) is 2.58. The molecule has 2 rings (SSSR count). The molecule has 0 unspecified atom stereocenters. The Morgan fingerprint density at radius 1 is 1.12 bits per heavy atom. The van der Waals surface area contributed by atoms with Crippen LogP contribution in [0.1, 0.15) is 50.2 Å². The molecule has 0 aliphatic carbocycles. The molecule has 0 spiro atoms. The molecule has 0 atom stereocenters. The molecule has 0 saturated carbocycles. The fourth-order valence-electron chi connectivity index (χ4n) is 2.49. The monoisotopic (exact) mass is 347 g/mol. The highest BCUT2D eigenvalue weighted by atomic mass is 35.5. The van der Waals surface area contributed by atoms with Crippen LogP contribution in [0.15, 0.2) is 30.6 Å². The molecule has 0 saturated heterocycles. The number of para-hydroxylation sites is 1. The maximum absolute atomic E-state index is 5.98. The second kappa shape index (κ2) is 9.48. The first-order valence-corrected chi connectivity index (χ1v) is 8.90. The van der Waals surface area contributed by atoms with Gasteiger partial charge in [-0.3, -0.25) is 0 Å². The van der Waals surface area contributed by atoms with Crippen molar-refractivity contribution in [3.05, 3.63) is 46.9 Å². The summed E-state index contributed by atoms with van der Waals surface area (Å²) in [5.74, 6) is 2.31. The lowest BCUT2D eigenvalue weighted by Crippen LogP contribution is -2.07. The van der Waals surface area contributed by atoms with Gasteiger partial charge in [-0.1, -0.05) is 43.6 Å². The highest BCUT2D eigenvalue weighted by Crippen LogP contribution is 2.26. The Balaban J connectivity index is 1.65. The summed E-state index contributed by atoms with van der Waals surface area (Å²) >= 11 is 5.98. The maximum Gasteiger partial charge on any atom is 0.137 e. The zero-order valence-corrected chi connectivity index (χ0v) is 15.4. The molecule has 0 aliphatic rings. The molecular weight excluding hydrogens is 322 g/mol. The van der Waals surface area contributed by atoms with Crippen LogP contribution in [0.4, 0.5) is 5.82 Å². The number of halogens is 1. The highest BCUT2D eigenvalue weighted by Gasteiger charge is 2.06. The second-order valence-corrected chi connectivity index (χ2v) is 6.52. The van der Waals surface area contributed by atoms with Gasteiger partial charge >= 0.3 is 0 Å². The summed E-state index contributed by atoms with van der Waals surface area (Å²) in [6, 6.07) is 8.28. The molecule has 24 heavy (non-hydrogen) atoms. The molecule has 2 aromatic rings. The van der Waals surface area contributed by atoms with Crippen LogP contribution in [0.3, 0.4) is 0 Å². The summed E-state index contributed by atoms with van der Waals surface area (Å²) in [5, 5.41) is 3.81. The van der Waals surface area contributed by atoms with Crippen LogP contribution in [0, 0.1) is 6.92 Å². The van der Waals surface area contributed by atoms with E-state index in [9.17, 15) is 0 Å². The van der Waals surface area contributed by atoms with Gasteiger partial charge in [0.15, 0.2) is 0 Å². The fourth-order valence-corrected chi connectivity index (χ4v) is 2.62. The Kier molecular flexibility index (Phi) is 7.32. The molecule has 0 aliphatic heterocycles. The minimum Gasteiger partial charge on any atom is -0.493 e. The number of aromatic nitrogens is 2. The minimum atomic E-state index is 0.480. The van der Waals surface area contributed by atoms with Crippen molar-refractivity contribution >= 4 is 17.4 Å². The van der Waals surface area contributed by atoms with Gasteiger partial charge in [0.05, 0.1) is 6.61 Å². The molecule has 0 fully saturated rings. The van der Waals surface area contributed by atoms with Gasteiger partial charge in [-0.15, -0.1) is 0 Å². The quantitative estimate of drug-likeness (QED) is 0.498. The standard InChI is InChI=1S/C19H26ClN3O/c1-14(2)16-9-5-6-10-17(16)24-12-8-4-7-11-21-19-15(3)18(20)22-13-23-19/h5-6,9-10,13-14H,4,7-8,11-12H2,1-3H3,(H,21,22,23). The van der Waals surface area contributed by atoms with Gasteiger partial charge in [0.1, 0.15) is 23.0 Å². The summed E-state index contributed by atoms with van der Waals surface area (Å²) in [6.45, 7) is 7.92. The number of nitrogens with one attached hydrogen (secondary N) is 1. The van der Waals surface area contributed by atoms with Crippen LogP contribution in [-0.2, 0) is 0 Å². The largest absolute Gasteiger partial charge is 0.493 e. The predicted molar refractivity (Wildman–Crippen MR) is 100 cm³/mol. The molecule has 4 nitrogen and oxygen atoms in total. The third-order valence-electron chi connectivity index (χ3n) is 3.93. The number of nitrogens with zero attached hydrogens (tertiary/aromatic N) is 2. The lowest BCUT2D eigenvalue weighted by Gasteiger charge is -2.13. The van der Waals surface area contributed by atoms with Crippen LogP contribution in [0.5, 0.6) is 5.75 Å². The molecule has 5 heteroatoms. The molecule has 1 aromatic heterocycles. The molecule has 1 N–H and O–H groups in total. The molecular formula is C19H26ClN3O. The zero-order chi connectivity index (χ0) is 17.4. The van der Waals surface area contributed by atoms with Gasteiger partial charge in [-0.05, 0) is 43.7 Å². The molecule has 130 valence electrons. The molecule has 0 radical (unpaired) electrons. The SMILES string of the molecule is Cc1c(Cl)ncnc1NCCCCCOc1ccccc1C(C)C. The van der Waals surface area contributed by atoms with Gasteiger partial charge in [-0.25, -0.2) is 9.97 Å². The fraction of sp³-hybridized carbons (Fsp3) is 0.474. The van der Waals surface area contributed by atoms with Crippen LogP contribution in [0.25, 0.3) is 0 Å². The van der Waals surface area contributed by atoms with Crippen molar-refractivity contribution in [3.8, 4) is 5.75 Å². The number of hydrogen-bond acceptors (Lipinski definition) is 4. The molecule has 0 amide bonds. The normalized spacial score (nSPS) is 10.9. The van der Waals surface area contributed by atoms with E-state index in [2.05, 4.69) is 47.3 Å². The zero-order valence-electron chi connectivity index (χ0n) is 14.7. The van der Waals surface area contributed by atoms with E-state index in [1.54, 1.807) is 0 Å². The number of anilines is 1. The lowest BCUT2D eigenvalue weighted by molar-refractivity contribution is 0.302. The Bertz CT molecular complexity index is 646. The van der Waals surface area contributed by atoms with Crippen molar-refractivity contribution in [1.82, 2.24) is 9.97 Å². The Morgan fingerprint density at radius 3 is 2.71 bits per heavy atom. The van der Waals surface area contributed by atoms with Crippen molar-refractivity contribution < 1.29 is 4.74 Å². The first-order chi connectivity index (χ1) is 11.6. The van der Waals surface area contributed by atoms with Crippen molar-refractivity contribution in [3.63, 3.8) is 0 Å². The summed E-state index contributed by atoms with van der Waals surface area (Å²) in [7, 11) is 0. The van der Waals surface area contributed by atoms with E-state index in [1.165, 1.54) is 11.9 Å². The van der Waals surface area contributed by atoms with E-state index >= 15 is 0 Å². The Hall–Kier alpha value is -1.81. The summed E-state index contributed by atoms with van der Waals surface area (Å²) in [4.78, 5) is 8.16. The van der Waals surface area contributed by atoms with Crippen molar-refractivity contribution in [2.24, 2.45) is 0 Å². The van der Waals surface area contributed by atoms with E-state index in [-0.39, 0.29) is 0 Å². The molecule has 1 heterocycles. The van der Waals surface area contributed by atoms with E-state index in [0.29, 0.717) is 11.1 Å². The van der Waals surface area contributed by atoms with Crippen molar-refractivity contribution in [2.75, 3.05) is 18.5 Å². The number of unbranched alkanes of at least 4 members (excludes halogenated alkanes) is 2. The third kappa shape index (κ3) is 5.38. The number of benzene rings is 1. The van der Waals surface area contributed by atoms with Crippen LogP contribution < -0.4 is 10.1 Å². The first kappa shape index (κ1) is 18.5. The van der Waals surface area contributed by atoms with Crippen LogP contribution in [-0.4, -0.2) is 23.1 Å². The van der Waals surface area contributed by atoms with Gasteiger partial charge in [0.25, 0.3) is 0 Å². The van der Waals surface area contributed by atoms with E-state index < -0.39 is 0 Å². The maximum atomic E-state index is 5.98. The Morgan fingerprint density at radius 2 is 1.92 bits per heavy atom. The third-order valence-corrected chi connectivity index (χ3v) is 4.32. The van der Waals surface area contributed by atoms with Gasteiger partial charge in [0, 0.05) is 12.1 Å². The first-order valence-electron chi connectivity index (χ1n) is 8.52.